The van der Waals surface area contributed by atoms with Gasteiger partial charge in [0, 0.05) is 38.5 Å². The normalized spacial score (nSPS) is 27.7. The van der Waals surface area contributed by atoms with Gasteiger partial charge in [-0.05, 0) is 61.9 Å². The number of carbonyl (C=O) groups is 3. The van der Waals surface area contributed by atoms with Gasteiger partial charge in [0.25, 0.3) is 5.91 Å². The molecule has 3 aliphatic rings. The van der Waals surface area contributed by atoms with E-state index in [-0.39, 0.29) is 30.9 Å². The minimum absolute atomic E-state index is 0.00188. The molecule has 2 bridgehead atoms. The molecule has 0 radical (unpaired) electrons. The topological polar surface area (TPSA) is 90.4 Å². The summed E-state index contributed by atoms with van der Waals surface area (Å²) < 4.78 is 6.83. The molecule has 42 heavy (non-hydrogen) atoms. The van der Waals surface area contributed by atoms with Gasteiger partial charge in [-0.15, -0.1) is 13.2 Å². The highest BCUT2D eigenvalue weighted by atomic mass is 16.5. The van der Waals surface area contributed by atoms with E-state index < -0.39 is 29.1 Å². The van der Waals surface area contributed by atoms with Crippen molar-refractivity contribution in [3.8, 4) is 0 Å². The zero-order valence-electron chi connectivity index (χ0n) is 24.8. The Kier molecular flexibility index (Phi) is 8.58. The number of aliphatic hydroxyl groups excluding tert-OH is 1. The summed E-state index contributed by atoms with van der Waals surface area (Å²) in [4.78, 5) is 48.3. The van der Waals surface area contributed by atoms with E-state index in [9.17, 15) is 19.5 Å². The van der Waals surface area contributed by atoms with Gasteiger partial charge < -0.3 is 24.5 Å². The van der Waals surface area contributed by atoms with Crippen LogP contribution in [0.5, 0.6) is 0 Å². The Bertz CT molecular complexity index is 1380. The summed E-state index contributed by atoms with van der Waals surface area (Å²) in [6.07, 6.45) is 6.34. The van der Waals surface area contributed by atoms with Crippen molar-refractivity contribution in [3.05, 3.63) is 67.8 Å². The van der Waals surface area contributed by atoms with E-state index in [1.54, 1.807) is 26.9 Å². The quantitative estimate of drug-likeness (QED) is 0.285. The number of benzene rings is 2. The fourth-order valence-electron chi connectivity index (χ4n) is 7.57. The number of likely N-dealkylation sites (tertiary alicyclic amines) is 1. The first-order chi connectivity index (χ1) is 20.3. The van der Waals surface area contributed by atoms with E-state index in [0.717, 1.165) is 17.2 Å². The zero-order valence-corrected chi connectivity index (χ0v) is 24.8. The highest BCUT2D eigenvalue weighted by molar-refractivity contribution is 6.06. The number of carbonyl (C=O) groups excluding carboxylic acids is 3. The molecule has 224 valence electrons. The summed E-state index contributed by atoms with van der Waals surface area (Å²) >= 11 is 0. The van der Waals surface area contributed by atoms with Crippen LogP contribution in [0.1, 0.15) is 46.0 Å². The van der Waals surface area contributed by atoms with Gasteiger partial charge in [-0.25, -0.2) is 0 Å². The number of anilines is 1. The monoisotopic (exact) mass is 573 g/mol. The van der Waals surface area contributed by atoms with Crippen molar-refractivity contribution in [2.75, 3.05) is 37.7 Å². The number of rotatable bonds is 13. The van der Waals surface area contributed by atoms with E-state index in [1.165, 1.54) is 0 Å². The van der Waals surface area contributed by atoms with Crippen LogP contribution in [-0.4, -0.2) is 82.7 Å². The van der Waals surface area contributed by atoms with Crippen LogP contribution in [-0.2, 0) is 19.1 Å². The second-order valence-electron chi connectivity index (χ2n) is 12.0. The molecule has 3 amide bonds. The third-order valence-electron chi connectivity index (χ3n) is 9.36. The Morgan fingerprint density at radius 3 is 2.50 bits per heavy atom. The van der Waals surface area contributed by atoms with Crippen molar-refractivity contribution in [2.45, 2.75) is 63.2 Å². The van der Waals surface area contributed by atoms with Gasteiger partial charge in [0.05, 0.1) is 17.4 Å². The third-order valence-corrected chi connectivity index (χ3v) is 9.36. The minimum Gasteiger partial charge on any atom is -0.396 e. The van der Waals surface area contributed by atoms with Crippen molar-refractivity contribution in [2.24, 2.45) is 11.8 Å². The van der Waals surface area contributed by atoms with Gasteiger partial charge in [0.1, 0.15) is 11.6 Å². The van der Waals surface area contributed by atoms with Crippen LogP contribution in [0.25, 0.3) is 10.8 Å². The van der Waals surface area contributed by atoms with Crippen LogP contribution >= 0.6 is 0 Å². The molecule has 3 fully saturated rings. The van der Waals surface area contributed by atoms with Gasteiger partial charge in [-0.2, -0.15) is 0 Å². The fraction of sp³-hybridized carbons (Fsp3) is 0.500. The molecule has 3 saturated heterocycles. The van der Waals surface area contributed by atoms with Crippen molar-refractivity contribution in [3.63, 3.8) is 0 Å². The number of ether oxygens (including phenoxy) is 1. The average molecular weight is 574 g/mol. The summed E-state index contributed by atoms with van der Waals surface area (Å²) in [6, 6.07) is 13.0. The standard InChI is InChI=1S/C34H43N3O5/c1-5-18-35(19-6-2)30(39)27-28-31(40)37(21-10-11-22-38)29(34(28)17-16-33(27,4)42-34)32(41)36(20-7-3)26-15-14-24-12-8-9-13-25(24)23-26/h5,7-9,12-15,23,27-29,38H,1,3,6,10-11,16-22H2,2,4H3/t27-,28+,29?,33+,34?/m1/s1. The lowest BCUT2D eigenvalue weighted by Crippen LogP contribution is -2.56. The van der Waals surface area contributed by atoms with Gasteiger partial charge in [0.2, 0.25) is 11.8 Å². The Balaban J connectivity index is 1.57. The molecule has 2 aromatic carbocycles. The van der Waals surface area contributed by atoms with Crippen LogP contribution in [0, 0.1) is 11.8 Å². The summed E-state index contributed by atoms with van der Waals surface area (Å²) in [7, 11) is 0. The Hall–Kier alpha value is -3.49. The van der Waals surface area contributed by atoms with Crippen molar-refractivity contribution < 1.29 is 24.2 Å². The maximum atomic E-state index is 14.8. The number of nitrogens with zero attached hydrogens (tertiary/aromatic N) is 3. The molecule has 3 heterocycles. The summed E-state index contributed by atoms with van der Waals surface area (Å²) in [5, 5.41) is 11.5. The molecule has 2 unspecified atom stereocenters. The number of hydrogen-bond acceptors (Lipinski definition) is 5. The molecule has 0 saturated carbocycles. The average Bonchev–Trinajstić information content (AvgIpc) is 3.55. The van der Waals surface area contributed by atoms with E-state index >= 15 is 0 Å². The van der Waals surface area contributed by atoms with Crippen LogP contribution in [0.15, 0.2) is 67.8 Å². The zero-order chi connectivity index (χ0) is 30.1. The van der Waals surface area contributed by atoms with Crippen LogP contribution < -0.4 is 4.90 Å². The summed E-state index contributed by atoms with van der Waals surface area (Å²) in [5.41, 5.74) is -1.23. The van der Waals surface area contributed by atoms with E-state index in [2.05, 4.69) is 13.2 Å². The van der Waals surface area contributed by atoms with E-state index in [1.807, 2.05) is 56.3 Å². The third kappa shape index (κ3) is 4.84. The SMILES string of the molecule is C=CCN(CCC)C(=O)[C@H]1[C@H]2C(=O)N(CCCCO)C(C(=O)N(CC=C)c3ccc4ccccc4c3)C23CC[C@]1(C)O3. The maximum absolute atomic E-state index is 14.8. The Morgan fingerprint density at radius 2 is 1.81 bits per heavy atom. The first-order valence-electron chi connectivity index (χ1n) is 15.2. The number of unbranched alkanes of at least 4 members (excludes halogenated alkanes) is 1. The van der Waals surface area contributed by atoms with Crippen LogP contribution in [0.2, 0.25) is 0 Å². The molecule has 1 N–H and O–H groups in total. The largest absolute Gasteiger partial charge is 0.396 e. The number of hydrogen-bond donors (Lipinski definition) is 1. The second kappa shape index (κ2) is 12.0. The lowest BCUT2D eigenvalue weighted by molar-refractivity contribution is -0.149. The number of fused-ring (bicyclic) bond motifs is 2. The molecule has 1 spiro atoms. The second-order valence-corrected chi connectivity index (χ2v) is 12.0. The van der Waals surface area contributed by atoms with Crippen LogP contribution in [0.4, 0.5) is 5.69 Å². The van der Waals surface area contributed by atoms with Gasteiger partial charge >= 0.3 is 0 Å². The lowest BCUT2D eigenvalue weighted by atomic mass is 9.66. The first kappa shape index (κ1) is 30.0. The predicted molar refractivity (Wildman–Crippen MR) is 164 cm³/mol. The molecule has 0 aliphatic carbocycles. The first-order valence-corrected chi connectivity index (χ1v) is 15.2. The molecule has 8 heteroatoms. The maximum Gasteiger partial charge on any atom is 0.253 e. The Morgan fingerprint density at radius 1 is 1.07 bits per heavy atom. The molecule has 2 aromatic rings. The molecule has 5 atom stereocenters. The Labute approximate surface area is 248 Å². The van der Waals surface area contributed by atoms with E-state index in [4.69, 9.17) is 4.74 Å². The molecule has 8 nitrogen and oxygen atoms in total. The highest BCUT2D eigenvalue weighted by Crippen LogP contribution is 2.63. The van der Waals surface area contributed by atoms with Crippen LogP contribution in [0.3, 0.4) is 0 Å². The van der Waals surface area contributed by atoms with Gasteiger partial charge in [-0.1, -0.05) is 49.4 Å². The molecule has 5 rings (SSSR count). The van der Waals surface area contributed by atoms with E-state index in [0.29, 0.717) is 51.0 Å². The smallest absolute Gasteiger partial charge is 0.253 e. The van der Waals surface area contributed by atoms with Crippen molar-refractivity contribution in [1.82, 2.24) is 9.80 Å². The molecule has 3 aliphatic heterocycles. The lowest BCUT2D eigenvalue weighted by Gasteiger charge is -2.37. The molecule has 0 aromatic heterocycles. The molecular weight excluding hydrogens is 530 g/mol. The summed E-state index contributed by atoms with van der Waals surface area (Å²) in [5.74, 6) is -1.99. The fourth-order valence-corrected chi connectivity index (χ4v) is 7.57. The number of aliphatic hydroxyl groups is 1. The number of amides is 3. The van der Waals surface area contributed by atoms with Crippen molar-refractivity contribution >= 4 is 34.2 Å². The van der Waals surface area contributed by atoms with Crippen molar-refractivity contribution in [1.29, 1.82) is 0 Å². The van der Waals surface area contributed by atoms with Gasteiger partial charge in [-0.3, -0.25) is 14.4 Å². The van der Waals surface area contributed by atoms with Gasteiger partial charge in [0.15, 0.2) is 0 Å². The highest BCUT2D eigenvalue weighted by Gasteiger charge is 2.78. The minimum atomic E-state index is -1.11. The predicted octanol–water partition coefficient (Wildman–Crippen LogP) is 4.32. The summed E-state index contributed by atoms with van der Waals surface area (Å²) in [6.45, 7) is 13.2. The molecular formula is C34H43N3O5.